The molecule has 0 bridgehead atoms. The zero-order valence-electron chi connectivity index (χ0n) is 11.3. The summed E-state index contributed by atoms with van der Waals surface area (Å²) in [6.45, 7) is 0. The van der Waals surface area contributed by atoms with Crippen molar-refractivity contribution in [2.24, 2.45) is 0 Å². The Morgan fingerprint density at radius 3 is 2.64 bits per heavy atom. The lowest BCUT2D eigenvalue weighted by Gasteiger charge is -2.06. The number of carbonyl (C=O) groups is 1. The summed E-state index contributed by atoms with van der Waals surface area (Å²) in [5.41, 5.74) is 2.15. The minimum absolute atomic E-state index is 0.0611. The Labute approximate surface area is 125 Å². The van der Waals surface area contributed by atoms with Crippen LogP contribution in [0.5, 0.6) is 5.75 Å². The largest absolute Gasteiger partial charge is 0.508 e. The van der Waals surface area contributed by atoms with Crippen LogP contribution in [0.1, 0.15) is 15.9 Å². The van der Waals surface area contributed by atoms with Crippen LogP contribution >= 0.6 is 0 Å². The highest BCUT2D eigenvalue weighted by atomic mass is 16.4. The van der Waals surface area contributed by atoms with E-state index in [1.165, 1.54) is 18.2 Å². The van der Waals surface area contributed by atoms with Crippen LogP contribution in [-0.2, 0) is 0 Å². The summed E-state index contributed by atoms with van der Waals surface area (Å²) >= 11 is 0. The van der Waals surface area contributed by atoms with E-state index in [0.29, 0.717) is 16.8 Å². The monoisotopic (exact) mass is 290 g/mol. The predicted octanol–water partition coefficient (Wildman–Crippen LogP) is 3.18. The molecule has 22 heavy (non-hydrogen) atoms. The molecular formula is C17H10N2O3. The zero-order chi connectivity index (χ0) is 15.7. The highest BCUT2D eigenvalue weighted by Crippen LogP contribution is 2.26. The molecule has 0 spiro atoms. The van der Waals surface area contributed by atoms with Gasteiger partial charge in [0, 0.05) is 10.9 Å². The van der Waals surface area contributed by atoms with Gasteiger partial charge in [-0.2, -0.15) is 5.26 Å². The fourth-order valence-corrected chi connectivity index (χ4v) is 2.26. The molecule has 2 aromatic carbocycles. The third-order valence-electron chi connectivity index (χ3n) is 3.34. The highest BCUT2D eigenvalue weighted by molar-refractivity contribution is 5.90. The Hall–Kier alpha value is -3.39. The smallest absolute Gasteiger partial charge is 0.335 e. The van der Waals surface area contributed by atoms with Crippen molar-refractivity contribution in [3.8, 4) is 23.1 Å². The minimum Gasteiger partial charge on any atom is -0.508 e. The molecule has 106 valence electrons. The van der Waals surface area contributed by atoms with Gasteiger partial charge >= 0.3 is 5.97 Å². The van der Waals surface area contributed by atoms with Crippen LogP contribution in [0.2, 0.25) is 0 Å². The van der Waals surface area contributed by atoms with Crippen molar-refractivity contribution < 1.29 is 15.0 Å². The lowest BCUT2D eigenvalue weighted by molar-refractivity contribution is 0.0697. The van der Waals surface area contributed by atoms with Gasteiger partial charge < -0.3 is 10.2 Å². The molecule has 5 heteroatoms. The number of hydrogen-bond acceptors (Lipinski definition) is 4. The second kappa shape index (κ2) is 5.19. The minimum atomic E-state index is -1.08. The molecule has 0 saturated heterocycles. The van der Waals surface area contributed by atoms with Crippen molar-refractivity contribution in [3.63, 3.8) is 0 Å². The van der Waals surface area contributed by atoms with Crippen molar-refractivity contribution in [1.82, 2.24) is 4.98 Å². The lowest BCUT2D eigenvalue weighted by atomic mass is 10.0. The number of benzene rings is 2. The van der Waals surface area contributed by atoms with E-state index in [1.54, 1.807) is 30.3 Å². The Morgan fingerprint density at radius 2 is 1.91 bits per heavy atom. The van der Waals surface area contributed by atoms with Crippen LogP contribution in [0.15, 0.2) is 48.5 Å². The molecule has 0 unspecified atom stereocenters. The SMILES string of the molecule is N#Cc1cc(C(=O)O)ccc1-c1ccc2cc(O)ccc2n1. The summed E-state index contributed by atoms with van der Waals surface area (Å²) < 4.78 is 0. The molecule has 1 aromatic heterocycles. The average molecular weight is 290 g/mol. The number of nitriles is 1. The van der Waals surface area contributed by atoms with Crippen molar-refractivity contribution in [2.75, 3.05) is 0 Å². The van der Waals surface area contributed by atoms with Gasteiger partial charge in [-0.3, -0.25) is 0 Å². The van der Waals surface area contributed by atoms with Gasteiger partial charge in [0.1, 0.15) is 5.75 Å². The number of carboxylic acids is 1. The van der Waals surface area contributed by atoms with E-state index in [9.17, 15) is 15.2 Å². The maximum Gasteiger partial charge on any atom is 0.335 e. The van der Waals surface area contributed by atoms with Crippen molar-refractivity contribution in [2.45, 2.75) is 0 Å². The Bertz CT molecular complexity index is 942. The number of pyridine rings is 1. The normalized spacial score (nSPS) is 10.3. The second-order valence-electron chi connectivity index (χ2n) is 4.75. The van der Waals surface area contributed by atoms with Gasteiger partial charge in [-0.05, 0) is 36.4 Å². The average Bonchev–Trinajstić information content (AvgIpc) is 2.53. The summed E-state index contributed by atoms with van der Waals surface area (Å²) in [6.07, 6.45) is 0. The number of phenolic OH excluding ortho intramolecular Hbond substituents is 1. The predicted molar refractivity (Wildman–Crippen MR) is 80.5 cm³/mol. The van der Waals surface area contributed by atoms with Crippen LogP contribution in [0.3, 0.4) is 0 Å². The first-order valence-corrected chi connectivity index (χ1v) is 6.46. The molecule has 0 fully saturated rings. The number of nitrogens with zero attached hydrogens (tertiary/aromatic N) is 2. The van der Waals surface area contributed by atoms with Gasteiger partial charge in [0.15, 0.2) is 0 Å². The maximum atomic E-state index is 11.0. The van der Waals surface area contributed by atoms with E-state index in [-0.39, 0.29) is 16.9 Å². The number of phenols is 1. The van der Waals surface area contributed by atoms with Crippen LogP contribution in [-0.4, -0.2) is 21.2 Å². The number of fused-ring (bicyclic) bond motifs is 1. The topological polar surface area (TPSA) is 94.2 Å². The molecule has 0 aliphatic rings. The summed E-state index contributed by atoms with van der Waals surface area (Å²) in [6, 6.07) is 14.7. The van der Waals surface area contributed by atoms with Crippen LogP contribution < -0.4 is 0 Å². The van der Waals surface area contributed by atoms with Crippen molar-refractivity contribution >= 4 is 16.9 Å². The lowest BCUT2D eigenvalue weighted by Crippen LogP contribution is -1.98. The third kappa shape index (κ3) is 2.34. The van der Waals surface area contributed by atoms with E-state index >= 15 is 0 Å². The molecule has 3 rings (SSSR count). The van der Waals surface area contributed by atoms with Crippen LogP contribution in [0.4, 0.5) is 0 Å². The zero-order valence-corrected chi connectivity index (χ0v) is 11.3. The van der Waals surface area contributed by atoms with E-state index in [2.05, 4.69) is 4.98 Å². The van der Waals surface area contributed by atoms with Gasteiger partial charge in [0.25, 0.3) is 0 Å². The maximum absolute atomic E-state index is 11.0. The van der Waals surface area contributed by atoms with Gasteiger partial charge in [-0.15, -0.1) is 0 Å². The molecule has 2 N–H and O–H groups in total. The summed E-state index contributed by atoms with van der Waals surface area (Å²) in [4.78, 5) is 15.4. The number of aromatic nitrogens is 1. The number of aromatic hydroxyl groups is 1. The quantitative estimate of drug-likeness (QED) is 0.756. The molecule has 1 heterocycles. The summed E-state index contributed by atoms with van der Waals surface area (Å²) in [7, 11) is 0. The fourth-order valence-electron chi connectivity index (χ4n) is 2.26. The number of rotatable bonds is 2. The molecule has 0 aliphatic carbocycles. The molecule has 5 nitrogen and oxygen atoms in total. The van der Waals surface area contributed by atoms with Crippen molar-refractivity contribution in [3.05, 3.63) is 59.7 Å². The molecule has 0 amide bonds. The highest BCUT2D eigenvalue weighted by Gasteiger charge is 2.11. The third-order valence-corrected chi connectivity index (χ3v) is 3.34. The first-order chi connectivity index (χ1) is 10.6. The number of aromatic carboxylic acids is 1. The standard InChI is InChI=1S/C17H10N2O3/c18-9-12-7-11(17(21)22)1-4-14(12)16-5-2-10-8-13(20)3-6-15(10)19-16/h1-8,20H,(H,21,22). The van der Waals surface area contributed by atoms with E-state index in [1.807, 2.05) is 6.07 Å². The van der Waals surface area contributed by atoms with E-state index < -0.39 is 5.97 Å². The van der Waals surface area contributed by atoms with Gasteiger partial charge in [0.05, 0.1) is 28.4 Å². The van der Waals surface area contributed by atoms with Gasteiger partial charge in [-0.25, -0.2) is 9.78 Å². The van der Waals surface area contributed by atoms with Crippen LogP contribution in [0, 0.1) is 11.3 Å². The Balaban J connectivity index is 2.17. The Morgan fingerprint density at radius 1 is 1.09 bits per heavy atom. The van der Waals surface area contributed by atoms with Crippen molar-refractivity contribution in [1.29, 1.82) is 5.26 Å². The molecule has 0 saturated carbocycles. The molecule has 0 aliphatic heterocycles. The van der Waals surface area contributed by atoms with Gasteiger partial charge in [-0.1, -0.05) is 12.1 Å². The first kappa shape index (κ1) is 13.6. The summed E-state index contributed by atoms with van der Waals surface area (Å²) in [5.74, 6) is -0.921. The second-order valence-corrected chi connectivity index (χ2v) is 4.75. The molecule has 0 radical (unpaired) electrons. The summed E-state index contributed by atoms with van der Waals surface area (Å²) in [5, 5.41) is 28.5. The molecule has 3 aromatic rings. The van der Waals surface area contributed by atoms with Gasteiger partial charge in [0.2, 0.25) is 0 Å². The van der Waals surface area contributed by atoms with E-state index in [4.69, 9.17) is 5.11 Å². The first-order valence-electron chi connectivity index (χ1n) is 6.46. The fraction of sp³-hybridized carbons (Fsp3) is 0. The number of carboxylic acid groups (broad SMARTS) is 1. The molecular weight excluding hydrogens is 280 g/mol. The van der Waals surface area contributed by atoms with E-state index in [0.717, 1.165) is 5.39 Å². The number of hydrogen-bond donors (Lipinski definition) is 2. The molecule has 0 atom stereocenters. The Kier molecular flexibility index (Phi) is 3.20. The van der Waals surface area contributed by atoms with Crippen LogP contribution in [0.25, 0.3) is 22.2 Å².